The van der Waals surface area contributed by atoms with Crippen LogP contribution in [0, 0.1) is 23.2 Å². The van der Waals surface area contributed by atoms with Crippen LogP contribution in [0.2, 0.25) is 0 Å². The van der Waals surface area contributed by atoms with Crippen LogP contribution in [0.15, 0.2) is 50.6 Å². The van der Waals surface area contributed by atoms with Gasteiger partial charge in [-0.3, -0.25) is 78.4 Å². The van der Waals surface area contributed by atoms with Crippen LogP contribution in [0.3, 0.4) is 0 Å². The van der Waals surface area contributed by atoms with E-state index >= 15 is 0 Å². The monoisotopic (exact) mass is 2120 g/mol. The largest absolute Gasteiger partial charge is 0.464 e. The van der Waals surface area contributed by atoms with Crippen LogP contribution in [-0.4, -0.2) is 281 Å². The van der Waals surface area contributed by atoms with Crippen molar-refractivity contribution >= 4 is 186 Å². The highest BCUT2D eigenvalue weighted by Crippen LogP contribution is 2.62. The molecule has 0 radical (unpaired) electrons. The molecule has 0 spiro atoms. The summed E-state index contributed by atoms with van der Waals surface area (Å²) in [5.74, 6) is -1.55. The fourth-order valence-electron chi connectivity index (χ4n) is 14.8. The Labute approximate surface area is 816 Å². The van der Waals surface area contributed by atoms with E-state index in [-0.39, 0.29) is 123 Å². The molecule has 764 valence electrons. The molecule has 7 aliphatic heterocycles. The van der Waals surface area contributed by atoms with Gasteiger partial charge in [0.25, 0.3) is 0 Å². The van der Waals surface area contributed by atoms with Gasteiger partial charge in [0.1, 0.15) is 142 Å². The third-order valence-electron chi connectivity index (χ3n) is 22.3. The van der Waals surface area contributed by atoms with Crippen molar-refractivity contribution in [1.29, 1.82) is 0 Å². The first-order valence-electron chi connectivity index (χ1n) is 43.6. The number of alkyl halides is 4. The molecular weight excluding hydrogens is 2000 g/mol. The highest BCUT2D eigenvalue weighted by Gasteiger charge is 2.64. The molecule has 0 aromatic carbocycles. The first-order chi connectivity index (χ1) is 64.6. The summed E-state index contributed by atoms with van der Waals surface area (Å²) in [4.78, 5) is 105. The Bertz CT molecular complexity index is 5500. The summed E-state index contributed by atoms with van der Waals surface area (Å²) in [6, 6.07) is -2.52. The number of thioether (sulfide) groups is 1. The van der Waals surface area contributed by atoms with Crippen molar-refractivity contribution < 1.29 is 127 Å². The van der Waals surface area contributed by atoms with Crippen LogP contribution in [0.25, 0.3) is 44.7 Å². The van der Waals surface area contributed by atoms with Gasteiger partial charge in [0.15, 0.2) is 75.9 Å². The van der Waals surface area contributed by atoms with E-state index in [0.29, 0.717) is 44.7 Å². The van der Waals surface area contributed by atoms with Crippen molar-refractivity contribution in [2.45, 2.75) is 248 Å². The lowest BCUT2D eigenvalue weighted by atomic mass is 9.97. The molecule has 60 heteroatoms. The lowest BCUT2D eigenvalue weighted by Crippen LogP contribution is -2.46. The number of carbonyl (C=O) groups excluding carboxylic acids is 5. The molecule has 24 atom stereocenters. The van der Waals surface area contributed by atoms with E-state index in [1.807, 2.05) is 0 Å². The molecule has 8 aromatic heterocycles. The number of hydrogen-bond acceptors (Lipinski definition) is 44. The predicted molar refractivity (Wildman–Crippen MR) is 500 cm³/mol. The van der Waals surface area contributed by atoms with E-state index in [4.69, 9.17) is 143 Å². The summed E-state index contributed by atoms with van der Waals surface area (Å²) in [7, 11) is -15.5. The van der Waals surface area contributed by atoms with Gasteiger partial charge in [0.2, 0.25) is 0 Å². The Morgan fingerprint density at radius 1 is 0.500 bits per heavy atom. The summed E-state index contributed by atoms with van der Waals surface area (Å²) in [5.41, 5.74) is 25.8. The Morgan fingerprint density at radius 2 is 0.812 bits per heavy atom. The molecule has 7 fully saturated rings. The minimum Gasteiger partial charge on any atom is -0.464 e. The highest BCUT2D eigenvalue weighted by atomic mass is 35.5. The Balaban J connectivity index is 0.000000166. The Kier molecular flexibility index (Phi) is 35.0. The number of halogens is 4. The zero-order chi connectivity index (χ0) is 101. The van der Waals surface area contributed by atoms with Crippen molar-refractivity contribution in [1.82, 2.24) is 98.4 Å². The molecule has 0 saturated carbocycles. The maximum Gasteiger partial charge on any atom is 0.406 e. The standard InChI is InChI=1S/C24H38ClN6O9PS.3C18H26ClN6O6P/c1-13(2)39-20(34)14(3)30-41(36,37-7-8-42-22(35)23(4,5)10-32)38-9-15-17(33)24(6,25)21(40-15)31-12-29-16-18(26)27-11-28-19(16)31;3*1-9(2)16(26)28-5-10(3)24-32(27)29-6-11-13(31-32)18(4,19)17(30-11)25-8-23-12-14(20)21-7-22-15(12)25/h11-15,17,21,32-33H,7-10H2,1-6H3,(H,30,36)(H2,26,27,28);3*7-11,13,17H,5-6H2,1-4H3,(H,24,27)(H2,20,21,22)/t14?,15-,17-,21-,24-,41?;10-,11+,13+,17+,18+,32-;10-,11-,13-,17-,18-,32+;10-,11-,13-,17-,18-,32-/m1011/s1. The van der Waals surface area contributed by atoms with Gasteiger partial charge >= 0.3 is 54.9 Å². The number of nitrogen functional groups attached to an aromatic ring is 4. The fraction of sp³-hybridized carbons (Fsp3) is 0.679. The number of nitrogens with two attached hydrogens (primary N) is 4. The number of aromatic nitrogens is 16. The highest BCUT2D eigenvalue weighted by molar-refractivity contribution is 8.13. The minimum atomic E-state index is -4.24. The summed E-state index contributed by atoms with van der Waals surface area (Å²) in [6.45, 7) is 29.3. The van der Waals surface area contributed by atoms with Crippen LogP contribution < -0.4 is 43.3 Å². The van der Waals surface area contributed by atoms with Gasteiger partial charge < -0.3 is 71.0 Å². The second kappa shape index (κ2) is 44.1. The first-order valence-corrected chi connectivity index (χ1v) is 52.3. The third kappa shape index (κ3) is 24.6. The Morgan fingerprint density at radius 3 is 1.11 bits per heavy atom. The smallest absolute Gasteiger partial charge is 0.406 e. The molecule has 0 amide bonds. The first kappa shape index (κ1) is 109. The van der Waals surface area contributed by atoms with E-state index in [0.717, 1.165) is 11.8 Å². The molecule has 15 heterocycles. The van der Waals surface area contributed by atoms with Crippen molar-refractivity contribution in [3.63, 3.8) is 0 Å². The van der Waals surface area contributed by atoms with E-state index in [1.165, 1.54) is 62.1 Å². The van der Waals surface area contributed by atoms with Gasteiger partial charge in [-0.1, -0.05) is 53.3 Å². The molecule has 8 aromatic rings. The maximum absolute atomic E-state index is 13.7. The fourth-order valence-corrected chi connectivity index (χ4v) is 24.1. The number of aliphatic hydroxyl groups excluding tert-OH is 2. The molecule has 7 saturated heterocycles. The quantitative estimate of drug-likeness (QED) is 0.00627. The number of hydrogen-bond donors (Lipinski definition) is 10. The van der Waals surface area contributed by atoms with Crippen LogP contribution in [0.5, 0.6) is 0 Å². The number of nitrogens with zero attached hydrogens (tertiary/aromatic N) is 16. The number of esters is 4. The molecule has 15 rings (SSSR count). The minimum absolute atomic E-state index is 0.00396. The molecule has 51 nitrogen and oxygen atoms in total. The van der Waals surface area contributed by atoms with Crippen LogP contribution in [-0.2, 0) is 116 Å². The normalized spacial score (nSPS) is 30.8. The topological polar surface area (TPSA) is 668 Å². The zero-order valence-corrected chi connectivity index (χ0v) is 85.9. The van der Waals surface area contributed by atoms with E-state index in [2.05, 4.69) is 80.2 Å². The molecule has 0 bridgehead atoms. The SMILES string of the molecule is CC(C)C(=O)OC[C@@H](C)N[P@@]1(=O)OC[C@H]2O[C@@H](n3cnc4c(N)ncnc43)[C@](C)(Cl)[C@@H]2O1.CC(C)C(=O)OC[C@@H](C)N[P@]1(=O)OC[C@H]2O[C@@H](n3cnc4c(N)ncnc43)[C@](C)(Cl)[C@@H]2O1.CC(C)C(=O)OC[C@H](C)N[P@]1(=O)OC[C@H]2O[C@@H](n3cnc4c(N)ncnc43)[C@](C)(Cl)[C@@H]2O1.CC(C)OC(=O)C(C)NP(=O)(OCCSC(=O)C(C)(C)CO)OC[C@H]1O[C@@H](n2cnc3c(N)ncnc32)[C@](C)(Cl)[C@@H]1O. The number of nitrogens with one attached hydrogen (secondary N) is 4. The Hall–Kier alpha value is -7.34. The van der Waals surface area contributed by atoms with Gasteiger partial charge in [-0.25, -0.2) is 98.4 Å². The summed E-state index contributed by atoms with van der Waals surface area (Å²) in [6.07, 6.45) is 1.19. The number of ether oxygens (including phenoxy) is 8. The van der Waals surface area contributed by atoms with Crippen LogP contribution >= 0.6 is 89.2 Å². The second-order valence-corrected chi connectivity index (χ2v) is 47.3. The summed E-state index contributed by atoms with van der Waals surface area (Å²) >= 11 is 28.3. The number of rotatable bonds is 32. The van der Waals surface area contributed by atoms with E-state index in [9.17, 15) is 52.4 Å². The van der Waals surface area contributed by atoms with Gasteiger partial charge in [-0.15, -0.1) is 46.4 Å². The van der Waals surface area contributed by atoms with Crippen molar-refractivity contribution in [3.8, 4) is 0 Å². The van der Waals surface area contributed by atoms with Crippen molar-refractivity contribution in [3.05, 3.63) is 50.6 Å². The van der Waals surface area contributed by atoms with E-state index < -0.39 is 172 Å². The maximum atomic E-state index is 13.7. The number of fused-ring (bicyclic) bond motifs is 7. The molecule has 2 unspecified atom stereocenters. The van der Waals surface area contributed by atoms with Gasteiger partial charge in [-0.05, 0) is 83.1 Å². The third-order valence-corrected chi connectivity index (χ3v) is 32.0. The summed E-state index contributed by atoms with van der Waals surface area (Å²) < 4.78 is 150. The van der Waals surface area contributed by atoms with Crippen molar-refractivity contribution in [2.24, 2.45) is 23.2 Å². The average molecular weight is 2120 g/mol. The van der Waals surface area contributed by atoms with Gasteiger partial charge in [0.05, 0.1) is 94.2 Å². The molecule has 138 heavy (non-hydrogen) atoms. The number of imidazole rings is 4. The summed E-state index contributed by atoms with van der Waals surface area (Å²) in [5, 5.41) is 31.1. The number of carbonyl (C=O) groups is 5. The van der Waals surface area contributed by atoms with Crippen LogP contribution in [0.1, 0.15) is 150 Å². The van der Waals surface area contributed by atoms with E-state index in [1.54, 1.807) is 131 Å². The lowest BCUT2D eigenvalue weighted by molar-refractivity contribution is -0.149. The lowest BCUT2D eigenvalue weighted by Gasteiger charge is -2.36. The zero-order valence-electron chi connectivity index (χ0n) is 78.5. The second-order valence-electron chi connectivity index (χ2n) is 36.0. The van der Waals surface area contributed by atoms with Gasteiger partial charge in [0, 0.05) is 23.9 Å². The molecule has 7 aliphatic rings. The number of aliphatic hydroxyl groups is 2. The molecule has 14 N–H and O–H groups in total. The number of anilines is 4. The van der Waals surface area contributed by atoms with Crippen molar-refractivity contribution in [2.75, 3.05) is 88.1 Å². The molecule has 0 aliphatic carbocycles. The van der Waals surface area contributed by atoms with Crippen LogP contribution in [0.4, 0.5) is 23.3 Å². The predicted octanol–water partition coefficient (Wildman–Crippen LogP) is 8.03. The molecular formula is C78H116Cl4N24O27P4S. The van der Waals surface area contributed by atoms with Gasteiger partial charge in [-0.2, -0.15) is 0 Å². The average Bonchev–Trinajstić information content (AvgIpc) is 1.59.